The van der Waals surface area contributed by atoms with E-state index in [4.69, 9.17) is 0 Å². The Hall–Kier alpha value is -2.66. The van der Waals surface area contributed by atoms with Gasteiger partial charge in [0.1, 0.15) is 6.04 Å². The monoisotopic (exact) mass is 349 g/mol. The molecule has 5 nitrogen and oxygen atoms in total. The number of amides is 3. The molecule has 1 unspecified atom stereocenters. The highest BCUT2D eigenvalue weighted by atomic mass is 16.2. The Kier molecular flexibility index (Phi) is 4.47. The number of carbonyl (C=O) groups excluding carboxylic acids is 2. The second kappa shape index (κ2) is 6.92. The van der Waals surface area contributed by atoms with Gasteiger partial charge in [0.25, 0.3) is 5.91 Å². The van der Waals surface area contributed by atoms with Crippen LogP contribution in [0.5, 0.6) is 0 Å². The molecule has 2 heterocycles. The largest absolute Gasteiger partial charge is 0.332 e. The van der Waals surface area contributed by atoms with Gasteiger partial charge in [-0.2, -0.15) is 0 Å². The van der Waals surface area contributed by atoms with Crippen LogP contribution in [0.1, 0.15) is 36.5 Å². The predicted molar refractivity (Wildman–Crippen MR) is 101 cm³/mol. The van der Waals surface area contributed by atoms with Crippen molar-refractivity contribution >= 4 is 17.6 Å². The van der Waals surface area contributed by atoms with E-state index in [1.54, 1.807) is 4.90 Å². The summed E-state index contributed by atoms with van der Waals surface area (Å²) in [5.74, 6) is -0.112. The van der Waals surface area contributed by atoms with Gasteiger partial charge in [0.15, 0.2) is 0 Å². The molecule has 2 aliphatic rings. The summed E-state index contributed by atoms with van der Waals surface area (Å²) in [4.78, 5) is 29.3. The molecule has 1 N–H and O–H groups in total. The summed E-state index contributed by atoms with van der Waals surface area (Å²) in [6.45, 7) is 4.13. The second-order valence-electron chi connectivity index (χ2n) is 6.93. The van der Waals surface area contributed by atoms with Crippen molar-refractivity contribution in [1.82, 2.24) is 10.2 Å². The van der Waals surface area contributed by atoms with E-state index >= 15 is 0 Å². The van der Waals surface area contributed by atoms with Gasteiger partial charge in [-0.05, 0) is 35.2 Å². The molecular formula is C21H23N3O2. The quantitative estimate of drug-likeness (QED) is 0.842. The van der Waals surface area contributed by atoms with Crippen LogP contribution in [0.3, 0.4) is 0 Å². The average Bonchev–Trinajstić information content (AvgIpc) is 3.21. The van der Waals surface area contributed by atoms with Crippen LogP contribution in [-0.4, -0.2) is 22.9 Å². The molecule has 1 saturated heterocycles. The Balaban J connectivity index is 1.65. The molecule has 0 saturated carbocycles. The van der Waals surface area contributed by atoms with Gasteiger partial charge < -0.3 is 10.2 Å². The zero-order valence-corrected chi connectivity index (χ0v) is 14.9. The molecule has 0 bridgehead atoms. The fourth-order valence-corrected chi connectivity index (χ4v) is 3.81. The number of nitrogens with one attached hydrogen (secondary N) is 1. The van der Waals surface area contributed by atoms with Gasteiger partial charge in [-0.1, -0.05) is 49.7 Å². The highest BCUT2D eigenvalue weighted by Crippen LogP contribution is 2.31. The molecule has 0 aromatic heterocycles. The summed E-state index contributed by atoms with van der Waals surface area (Å²) in [7, 11) is 0. The van der Waals surface area contributed by atoms with Crippen LogP contribution in [0.4, 0.5) is 10.5 Å². The number of nitrogens with zero attached hydrogens (tertiary/aromatic N) is 2. The average molecular weight is 349 g/mol. The minimum absolute atomic E-state index is 0.112. The third kappa shape index (κ3) is 2.88. The Morgan fingerprint density at radius 1 is 1.04 bits per heavy atom. The maximum atomic E-state index is 13.1. The van der Waals surface area contributed by atoms with Gasteiger partial charge in [-0.15, -0.1) is 0 Å². The second-order valence-corrected chi connectivity index (χ2v) is 6.93. The van der Waals surface area contributed by atoms with Gasteiger partial charge in [-0.3, -0.25) is 4.79 Å². The molecule has 2 aromatic carbocycles. The van der Waals surface area contributed by atoms with E-state index in [9.17, 15) is 9.59 Å². The molecule has 2 aliphatic heterocycles. The van der Waals surface area contributed by atoms with Crippen molar-refractivity contribution < 1.29 is 9.59 Å². The number of fused-ring (bicyclic) bond motifs is 1. The summed E-state index contributed by atoms with van der Waals surface area (Å²) < 4.78 is 0. The summed E-state index contributed by atoms with van der Waals surface area (Å²) >= 11 is 0. The number of imide groups is 1. The molecule has 26 heavy (non-hydrogen) atoms. The number of urea groups is 1. The summed E-state index contributed by atoms with van der Waals surface area (Å²) in [5, 5.41) is 3.30. The van der Waals surface area contributed by atoms with Crippen molar-refractivity contribution in [2.75, 3.05) is 4.90 Å². The Morgan fingerprint density at radius 2 is 1.81 bits per heavy atom. The summed E-state index contributed by atoms with van der Waals surface area (Å²) in [5.41, 5.74) is 4.12. The maximum Gasteiger partial charge on any atom is 0.332 e. The molecule has 0 spiro atoms. The lowest BCUT2D eigenvalue weighted by Crippen LogP contribution is -2.34. The third-order valence-electron chi connectivity index (χ3n) is 5.16. The molecule has 4 rings (SSSR count). The van der Waals surface area contributed by atoms with Gasteiger partial charge in [0, 0.05) is 19.6 Å². The molecule has 1 atom stereocenters. The number of carbonyl (C=O) groups is 2. The molecule has 134 valence electrons. The standard InChI is InChI=1S/C21H23N3O2/c1-2-6-19-20(25)24(18-10-9-16-12-22-13-17(16)11-18)21(26)23(19)14-15-7-4-3-5-8-15/h3-5,7-11,19,22H,2,6,12-14H2,1H3. The van der Waals surface area contributed by atoms with Crippen LogP contribution in [0.25, 0.3) is 0 Å². The van der Waals surface area contributed by atoms with Crippen LogP contribution in [0, 0.1) is 0 Å². The van der Waals surface area contributed by atoms with E-state index in [1.165, 1.54) is 10.5 Å². The lowest BCUT2D eigenvalue weighted by molar-refractivity contribution is -0.120. The minimum atomic E-state index is -0.390. The van der Waals surface area contributed by atoms with Crippen molar-refractivity contribution in [3.05, 3.63) is 65.2 Å². The molecule has 0 radical (unpaired) electrons. The Labute approximate surface area is 153 Å². The van der Waals surface area contributed by atoms with Gasteiger partial charge in [-0.25, -0.2) is 9.69 Å². The predicted octanol–water partition coefficient (Wildman–Crippen LogP) is 3.43. The van der Waals surface area contributed by atoms with Crippen LogP contribution in [0.15, 0.2) is 48.5 Å². The van der Waals surface area contributed by atoms with Crippen LogP contribution in [-0.2, 0) is 24.4 Å². The van der Waals surface area contributed by atoms with Crippen LogP contribution < -0.4 is 10.2 Å². The maximum absolute atomic E-state index is 13.1. The first kappa shape index (κ1) is 16.8. The minimum Gasteiger partial charge on any atom is -0.309 e. The molecule has 1 fully saturated rings. The highest BCUT2D eigenvalue weighted by Gasteiger charge is 2.45. The number of rotatable bonds is 5. The van der Waals surface area contributed by atoms with Crippen molar-refractivity contribution in [3.8, 4) is 0 Å². The first-order chi connectivity index (χ1) is 12.7. The number of benzene rings is 2. The Morgan fingerprint density at radius 3 is 2.58 bits per heavy atom. The Bertz CT molecular complexity index is 834. The summed E-state index contributed by atoms with van der Waals surface area (Å²) in [6.07, 6.45) is 1.54. The molecule has 0 aliphatic carbocycles. The third-order valence-corrected chi connectivity index (χ3v) is 5.16. The van der Waals surface area contributed by atoms with Crippen molar-refractivity contribution in [3.63, 3.8) is 0 Å². The highest BCUT2D eigenvalue weighted by molar-refractivity contribution is 6.21. The SMILES string of the molecule is CCCC1C(=O)N(c2ccc3c(c2)CNC3)C(=O)N1Cc1ccccc1. The van der Waals surface area contributed by atoms with Crippen molar-refractivity contribution in [1.29, 1.82) is 0 Å². The van der Waals surface area contributed by atoms with Crippen molar-refractivity contribution in [2.24, 2.45) is 0 Å². The summed E-state index contributed by atoms with van der Waals surface area (Å²) in [6, 6.07) is 15.1. The fraction of sp³-hybridized carbons (Fsp3) is 0.333. The first-order valence-electron chi connectivity index (χ1n) is 9.20. The zero-order chi connectivity index (χ0) is 18.1. The lowest BCUT2D eigenvalue weighted by atomic mass is 10.1. The smallest absolute Gasteiger partial charge is 0.309 e. The van der Waals surface area contributed by atoms with E-state index in [1.807, 2.05) is 55.5 Å². The van der Waals surface area contributed by atoms with E-state index in [-0.39, 0.29) is 18.0 Å². The topological polar surface area (TPSA) is 52.7 Å². The number of anilines is 1. The normalized spacial score (nSPS) is 19.3. The molecule has 3 amide bonds. The van der Waals surface area contributed by atoms with Crippen molar-refractivity contribution in [2.45, 2.75) is 45.4 Å². The van der Waals surface area contributed by atoms with Crippen LogP contribution in [0.2, 0.25) is 0 Å². The number of hydrogen-bond donors (Lipinski definition) is 1. The number of hydrogen-bond acceptors (Lipinski definition) is 3. The lowest BCUT2D eigenvalue weighted by Gasteiger charge is -2.21. The molecule has 2 aromatic rings. The van der Waals surface area contributed by atoms with E-state index in [0.29, 0.717) is 18.7 Å². The van der Waals surface area contributed by atoms with E-state index in [2.05, 4.69) is 5.32 Å². The molecular weight excluding hydrogens is 326 g/mol. The fourth-order valence-electron chi connectivity index (χ4n) is 3.81. The van der Waals surface area contributed by atoms with E-state index < -0.39 is 0 Å². The zero-order valence-electron chi connectivity index (χ0n) is 14.9. The van der Waals surface area contributed by atoms with Gasteiger partial charge in [0.05, 0.1) is 5.69 Å². The first-order valence-corrected chi connectivity index (χ1v) is 9.20. The van der Waals surface area contributed by atoms with Crippen LogP contribution >= 0.6 is 0 Å². The van der Waals surface area contributed by atoms with E-state index in [0.717, 1.165) is 30.6 Å². The molecule has 5 heteroatoms. The van der Waals surface area contributed by atoms with Gasteiger partial charge in [0.2, 0.25) is 0 Å². The van der Waals surface area contributed by atoms with Gasteiger partial charge >= 0.3 is 6.03 Å².